The predicted molar refractivity (Wildman–Crippen MR) is 71.5 cm³/mol. The van der Waals surface area contributed by atoms with E-state index < -0.39 is 18.0 Å². The molecule has 0 N–H and O–H groups in total. The van der Waals surface area contributed by atoms with E-state index in [0.29, 0.717) is 5.56 Å². The molecule has 20 heavy (non-hydrogen) atoms. The van der Waals surface area contributed by atoms with Crippen LogP contribution in [0.1, 0.15) is 11.3 Å². The van der Waals surface area contributed by atoms with Gasteiger partial charge in [-0.15, -0.1) is 0 Å². The molecule has 7 heteroatoms. The van der Waals surface area contributed by atoms with Crippen LogP contribution in [0, 0.1) is 6.92 Å². The SMILES string of the molecule is COC[C@@H](OC(=O)Cc1ccc(C)nc1Cl)C(=O)OC. The van der Waals surface area contributed by atoms with Crippen molar-refractivity contribution in [2.75, 3.05) is 20.8 Å². The van der Waals surface area contributed by atoms with Gasteiger partial charge in [0.05, 0.1) is 20.1 Å². The number of aromatic nitrogens is 1. The standard InChI is InChI=1S/C13H16ClNO5/c1-8-4-5-9(12(14)15-8)6-11(16)20-10(7-18-2)13(17)19-3/h4-5,10H,6-7H2,1-3H3/t10-/m1/s1. The Balaban J connectivity index is 2.67. The van der Waals surface area contributed by atoms with Gasteiger partial charge in [-0.3, -0.25) is 4.79 Å². The minimum Gasteiger partial charge on any atom is -0.466 e. The summed E-state index contributed by atoms with van der Waals surface area (Å²) in [7, 11) is 2.60. The topological polar surface area (TPSA) is 74.7 Å². The number of halogens is 1. The molecule has 1 aromatic rings. The minimum atomic E-state index is -1.09. The third-order valence-corrected chi connectivity index (χ3v) is 2.78. The van der Waals surface area contributed by atoms with Gasteiger partial charge in [0, 0.05) is 18.4 Å². The van der Waals surface area contributed by atoms with E-state index in [4.69, 9.17) is 21.1 Å². The van der Waals surface area contributed by atoms with Gasteiger partial charge in [0.15, 0.2) is 0 Å². The summed E-state index contributed by atoms with van der Waals surface area (Å²) in [5.74, 6) is -1.28. The summed E-state index contributed by atoms with van der Waals surface area (Å²) < 4.78 is 14.3. The van der Waals surface area contributed by atoms with Crippen LogP contribution >= 0.6 is 11.6 Å². The Morgan fingerprint density at radius 3 is 2.60 bits per heavy atom. The Morgan fingerprint density at radius 1 is 1.35 bits per heavy atom. The van der Waals surface area contributed by atoms with Gasteiger partial charge in [-0.05, 0) is 13.0 Å². The molecule has 1 rings (SSSR count). The van der Waals surface area contributed by atoms with Gasteiger partial charge in [0.2, 0.25) is 6.10 Å². The van der Waals surface area contributed by atoms with Crippen molar-refractivity contribution in [3.8, 4) is 0 Å². The fourth-order valence-electron chi connectivity index (χ4n) is 1.47. The largest absolute Gasteiger partial charge is 0.466 e. The number of ether oxygens (including phenoxy) is 3. The molecule has 0 aromatic carbocycles. The average Bonchev–Trinajstić information content (AvgIpc) is 2.40. The van der Waals surface area contributed by atoms with Crippen molar-refractivity contribution in [2.24, 2.45) is 0 Å². The molecule has 1 aromatic heterocycles. The summed E-state index contributed by atoms with van der Waals surface area (Å²) in [6.45, 7) is 1.72. The van der Waals surface area contributed by atoms with E-state index in [0.717, 1.165) is 5.69 Å². The zero-order chi connectivity index (χ0) is 15.1. The van der Waals surface area contributed by atoms with E-state index in [1.165, 1.54) is 14.2 Å². The first-order valence-electron chi connectivity index (χ1n) is 5.86. The quantitative estimate of drug-likeness (QED) is 0.583. The summed E-state index contributed by atoms with van der Waals surface area (Å²) in [5, 5.41) is 0.239. The highest BCUT2D eigenvalue weighted by Gasteiger charge is 2.24. The molecule has 0 aliphatic heterocycles. The number of rotatable bonds is 6. The van der Waals surface area contributed by atoms with Crippen LogP contribution in [0.4, 0.5) is 0 Å². The normalized spacial score (nSPS) is 11.8. The first kappa shape index (κ1) is 16.4. The zero-order valence-corrected chi connectivity index (χ0v) is 12.3. The highest BCUT2D eigenvalue weighted by molar-refractivity contribution is 6.30. The molecular formula is C13H16ClNO5. The van der Waals surface area contributed by atoms with Crippen LogP contribution in [0.25, 0.3) is 0 Å². The van der Waals surface area contributed by atoms with Gasteiger partial charge in [-0.1, -0.05) is 17.7 Å². The fourth-order valence-corrected chi connectivity index (χ4v) is 1.74. The minimum absolute atomic E-state index is 0.0711. The van der Waals surface area contributed by atoms with E-state index >= 15 is 0 Å². The third-order valence-electron chi connectivity index (χ3n) is 2.46. The maximum absolute atomic E-state index is 11.8. The Morgan fingerprint density at radius 2 is 2.05 bits per heavy atom. The van der Waals surface area contributed by atoms with Crippen molar-refractivity contribution >= 4 is 23.5 Å². The molecule has 0 amide bonds. The molecule has 6 nitrogen and oxygen atoms in total. The molecule has 1 heterocycles. The first-order valence-corrected chi connectivity index (χ1v) is 6.24. The second-order valence-corrected chi connectivity index (χ2v) is 4.39. The number of aryl methyl sites for hydroxylation is 1. The number of carbonyl (C=O) groups is 2. The molecular weight excluding hydrogens is 286 g/mol. The summed E-state index contributed by atoms with van der Waals surface area (Å²) in [4.78, 5) is 27.2. The second-order valence-electron chi connectivity index (χ2n) is 4.04. The van der Waals surface area contributed by atoms with E-state index in [1.54, 1.807) is 19.1 Å². The second kappa shape index (κ2) is 7.81. The summed E-state index contributed by atoms with van der Waals surface area (Å²) in [6.07, 6.45) is -1.17. The van der Waals surface area contributed by atoms with E-state index in [1.807, 2.05) is 0 Å². The smallest absolute Gasteiger partial charge is 0.349 e. The van der Waals surface area contributed by atoms with E-state index in [-0.39, 0.29) is 18.2 Å². The van der Waals surface area contributed by atoms with Gasteiger partial charge in [-0.25, -0.2) is 9.78 Å². The Hall–Kier alpha value is -1.66. The number of pyridine rings is 1. The molecule has 0 aliphatic carbocycles. The van der Waals surface area contributed by atoms with Gasteiger partial charge in [-0.2, -0.15) is 0 Å². The predicted octanol–water partition coefficient (Wildman–Crippen LogP) is 1.32. The molecule has 0 saturated heterocycles. The van der Waals surface area contributed by atoms with Gasteiger partial charge in [0.1, 0.15) is 5.15 Å². The van der Waals surface area contributed by atoms with Crippen molar-refractivity contribution in [1.29, 1.82) is 0 Å². The van der Waals surface area contributed by atoms with Crippen molar-refractivity contribution in [1.82, 2.24) is 4.98 Å². The third kappa shape index (κ3) is 4.79. The fraction of sp³-hybridized carbons (Fsp3) is 0.462. The molecule has 0 saturated carbocycles. The van der Waals surface area contributed by atoms with Crippen LogP contribution in [0.2, 0.25) is 5.15 Å². The van der Waals surface area contributed by atoms with Crippen LogP contribution in [0.15, 0.2) is 12.1 Å². The number of esters is 2. The van der Waals surface area contributed by atoms with E-state index in [2.05, 4.69) is 9.72 Å². The molecule has 1 atom stereocenters. The monoisotopic (exact) mass is 301 g/mol. The lowest BCUT2D eigenvalue weighted by molar-refractivity contribution is -0.169. The van der Waals surface area contributed by atoms with Crippen molar-refractivity contribution in [3.05, 3.63) is 28.5 Å². The summed E-state index contributed by atoms with van der Waals surface area (Å²) >= 11 is 5.93. The maximum atomic E-state index is 11.8. The van der Waals surface area contributed by atoms with Crippen molar-refractivity contribution in [3.63, 3.8) is 0 Å². The average molecular weight is 302 g/mol. The van der Waals surface area contributed by atoms with Crippen LogP contribution in [0.3, 0.4) is 0 Å². The molecule has 0 spiro atoms. The van der Waals surface area contributed by atoms with Gasteiger partial charge < -0.3 is 14.2 Å². The number of methoxy groups -OCH3 is 2. The zero-order valence-electron chi connectivity index (χ0n) is 11.5. The van der Waals surface area contributed by atoms with E-state index in [9.17, 15) is 9.59 Å². The molecule has 0 aliphatic rings. The summed E-state index contributed by atoms with van der Waals surface area (Å²) in [6, 6.07) is 3.43. The number of nitrogens with zero attached hydrogens (tertiary/aromatic N) is 1. The number of carbonyl (C=O) groups excluding carboxylic acids is 2. The van der Waals surface area contributed by atoms with Gasteiger partial charge >= 0.3 is 11.9 Å². The van der Waals surface area contributed by atoms with Crippen LogP contribution in [-0.2, 0) is 30.2 Å². The van der Waals surface area contributed by atoms with Crippen LogP contribution in [-0.4, -0.2) is 43.9 Å². The molecule has 0 radical (unpaired) electrons. The Kier molecular flexibility index (Phi) is 6.41. The molecule has 0 unspecified atom stereocenters. The lowest BCUT2D eigenvalue weighted by atomic mass is 10.2. The van der Waals surface area contributed by atoms with Crippen molar-refractivity contribution < 1.29 is 23.8 Å². The Labute approximate surface area is 122 Å². The van der Waals surface area contributed by atoms with Gasteiger partial charge in [0.25, 0.3) is 0 Å². The lowest BCUT2D eigenvalue weighted by Crippen LogP contribution is -2.33. The first-order chi connectivity index (χ1) is 9.47. The highest BCUT2D eigenvalue weighted by atomic mass is 35.5. The molecule has 0 fully saturated rings. The van der Waals surface area contributed by atoms with Crippen molar-refractivity contribution in [2.45, 2.75) is 19.4 Å². The Bertz CT molecular complexity index is 492. The maximum Gasteiger partial charge on any atom is 0.349 e. The van der Waals surface area contributed by atoms with Crippen LogP contribution < -0.4 is 0 Å². The van der Waals surface area contributed by atoms with Crippen LogP contribution in [0.5, 0.6) is 0 Å². The number of hydrogen-bond acceptors (Lipinski definition) is 6. The summed E-state index contributed by atoms with van der Waals surface area (Å²) in [5.41, 5.74) is 1.28. The highest BCUT2D eigenvalue weighted by Crippen LogP contribution is 2.15. The molecule has 110 valence electrons. The molecule has 0 bridgehead atoms. The lowest BCUT2D eigenvalue weighted by Gasteiger charge is -2.14. The number of hydrogen-bond donors (Lipinski definition) is 0.